The Kier molecular flexibility index (Phi) is 5.56. The Morgan fingerprint density at radius 1 is 1.00 bits per heavy atom. The molecule has 0 saturated carbocycles. The first kappa shape index (κ1) is 20.0. The number of benzene rings is 1. The van der Waals surface area contributed by atoms with Crippen LogP contribution in [0.4, 0.5) is 0 Å². The number of fused-ring (bicyclic) bond motifs is 1. The second kappa shape index (κ2) is 8.64. The van der Waals surface area contributed by atoms with Crippen LogP contribution in [0.15, 0.2) is 60.1 Å². The summed E-state index contributed by atoms with van der Waals surface area (Å²) in [5.41, 5.74) is 6.12. The monoisotopic (exact) mass is 427 g/mol. The molecule has 1 aliphatic rings. The van der Waals surface area contributed by atoms with Gasteiger partial charge in [-0.15, -0.1) is 11.3 Å². The number of aromatic nitrogens is 2. The third-order valence-corrected chi connectivity index (χ3v) is 6.92. The van der Waals surface area contributed by atoms with E-state index in [4.69, 9.17) is 4.98 Å². The zero-order valence-corrected chi connectivity index (χ0v) is 18.5. The fourth-order valence-corrected chi connectivity index (χ4v) is 4.95. The van der Waals surface area contributed by atoms with Crippen molar-refractivity contribution >= 4 is 17.0 Å². The molecule has 31 heavy (non-hydrogen) atoms. The van der Waals surface area contributed by atoms with E-state index in [0.29, 0.717) is 5.56 Å². The smallest absolute Gasteiger partial charge is 0.137 e. The highest BCUT2D eigenvalue weighted by Crippen LogP contribution is 2.30. The molecule has 0 bridgehead atoms. The second-order valence-electron chi connectivity index (χ2n) is 8.15. The van der Waals surface area contributed by atoms with E-state index >= 15 is 0 Å². The van der Waals surface area contributed by atoms with Crippen LogP contribution in [0.3, 0.4) is 0 Å². The highest BCUT2D eigenvalue weighted by atomic mass is 32.1. The summed E-state index contributed by atoms with van der Waals surface area (Å²) < 4.78 is 2.26. The lowest BCUT2D eigenvalue weighted by Crippen LogP contribution is -2.29. The molecule has 1 saturated heterocycles. The van der Waals surface area contributed by atoms with Gasteiger partial charge in [0.15, 0.2) is 0 Å². The maximum Gasteiger partial charge on any atom is 0.137 e. The minimum absolute atomic E-state index is 0.671. The molecule has 0 aliphatic carbocycles. The lowest BCUT2D eigenvalue weighted by Gasteiger charge is -2.20. The van der Waals surface area contributed by atoms with Crippen LogP contribution in [0.25, 0.3) is 27.3 Å². The van der Waals surface area contributed by atoms with Crippen molar-refractivity contribution in [3.05, 3.63) is 71.4 Å². The number of likely N-dealkylation sites (N-methyl/N-ethyl adjacent to an activating group) is 1. The van der Waals surface area contributed by atoms with Gasteiger partial charge < -0.3 is 9.30 Å². The molecule has 5 rings (SSSR count). The predicted octanol–water partition coefficient (Wildman–Crippen LogP) is 4.74. The van der Waals surface area contributed by atoms with Crippen molar-refractivity contribution < 1.29 is 0 Å². The SMILES string of the molecule is CN1CCCN(Cc2c(-c3ccc(C#N)cc3)nc3ccc(-c4cccs4)cn23)CC1. The van der Waals surface area contributed by atoms with Crippen LogP contribution in [-0.4, -0.2) is 52.4 Å². The van der Waals surface area contributed by atoms with Crippen LogP contribution in [0, 0.1) is 11.3 Å². The third kappa shape index (κ3) is 4.13. The van der Waals surface area contributed by atoms with Gasteiger partial charge in [0.05, 0.1) is 23.0 Å². The van der Waals surface area contributed by atoms with Crippen LogP contribution in [0.5, 0.6) is 0 Å². The summed E-state index contributed by atoms with van der Waals surface area (Å²) in [6.45, 7) is 5.24. The van der Waals surface area contributed by atoms with Crippen LogP contribution >= 0.6 is 11.3 Å². The predicted molar refractivity (Wildman–Crippen MR) is 126 cm³/mol. The Morgan fingerprint density at radius 3 is 2.61 bits per heavy atom. The average Bonchev–Trinajstić information content (AvgIpc) is 3.40. The Hall–Kier alpha value is -2.98. The molecule has 0 spiro atoms. The summed E-state index contributed by atoms with van der Waals surface area (Å²) in [5.74, 6) is 0. The number of nitriles is 1. The third-order valence-electron chi connectivity index (χ3n) is 6.00. The maximum absolute atomic E-state index is 9.17. The van der Waals surface area contributed by atoms with Gasteiger partial charge in [-0.1, -0.05) is 18.2 Å². The maximum atomic E-state index is 9.17. The normalized spacial score (nSPS) is 15.7. The number of hydrogen-bond acceptors (Lipinski definition) is 5. The molecule has 0 unspecified atom stereocenters. The van der Waals surface area contributed by atoms with E-state index in [2.05, 4.69) is 63.2 Å². The van der Waals surface area contributed by atoms with E-state index in [9.17, 15) is 5.26 Å². The van der Waals surface area contributed by atoms with Crippen molar-refractivity contribution in [2.75, 3.05) is 33.2 Å². The molecular formula is C25H25N5S. The van der Waals surface area contributed by atoms with Crippen molar-refractivity contribution in [2.24, 2.45) is 0 Å². The van der Waals surface area contributed by atoms with Crippen LogP contribution in [-0.2, 0) is 6.54 Å². The van der Waals surface area contributed by atoms with Crippen molar-refractivity contribution in [1.29, 1.82) is 5.26 Å². The van der Waals surface area contributed by atoms with Gasteiger partial charge in [0.1, 0.15) is 5.65 Å². The number of rotatable bonds is 4. The Bertz CT molecular complexity index is 1220. The minimum Gasteiger partial charge on any atom is -0.305 e. The number of hydrogen-bond donors (Lipinski definition) is 0. The highest BCUT2D eigenvalue weighted by Gasteiger charge is 2.19. The number of thiophene rings is 1. The molecule has 4 aromatic rings. The van der Waals surface area contributed by atoms with Crippen LogP contribution in [0.2, 0.25) is 0 Å². The quantitative estimate of drug-likeness (QED) is 0.472. The van der Waals surface area contributed by atoms with Gasteiger partial charge in [0, 0.05) is 41.8 Å². The standard InChI is InChI=1S/C25H25N5S/c1-28-11-3-12-29(14-13-28)18-22-25(20-7-5-19(16-26)6-8-20)27-24-10-9-21(17-30(22)24)23-4-2-15-31-23/h2,4-10,15,17H,3,11-14,18H2,1H3. The zero-order chi connectivity index (χ0) is 21.2. The summed E-state index contributed by atoms with van der Waals surface area (Å²) in [4.78, 5) is 11.2. The summed E-state index contributed by atoms with van der Waals surface area (Å²) in [7, 11) is 2.20. The van der Waals surface area contributed by atoms with E-state index in [1.54, 1.807) is 11.3 Å². The molecular weight excluding hydrogens is 402 g/mol. The van der Waals surface area contributed by atoms with Crippen LogP contribution < -0.4 is 0 Å². The summed E-state index contributed by atoms with van der Waals surface area (Å²) >= 11 is 1.76. The van der Waals surface area contributed by atoms with E-state index in [0.717, 1.165) is 49.6 Å². The van der Waals surface area contributed by atoms with Gasteiger partial charge in [-0.25, -0.2) is 4.98 Å². The lowest BCUT2D eigenvalue weighted by molar-refractivity contribution is 0.266. The highest BCUT2D eigenvalue weighted by molar-refractivity contribution is 7.13. The van der Waals surface area contributed by atoms with Crippen molar-refractivity contribution in [3.8, 4) is 27.8 Å². The molecule has 0 atom stereocenters. The second-order valence-corrected chi connectivity index (χ2v) is 9.10. The summed E-state index contributed by atoms with van der Waals surface area (Å²) in [5, 5.41) is 11.3. The Morgan fingerprint density at radius 2 is 1.84 bits per heavy atom. The largest absolute Gasteiger partial charge is 0.305 e. The van der Waals surface area contributed by atoms with Crippen LogP contribution in [0.1, 0.15) is 17.7 Å². The molecule has 156 valence electrons. The lowest BCUT2D eigenvalue weighted by atomic mass is 10.1. The van der Waals surface area contributed by atoms with Gasteiger partial charge in [-0.2, -0.15) is 5.26 Å². The summed E-state index contributed by atoms with van der Waals surface area (Å²) in [6.07, 6.45) is 3.40. The van der Waals surface area contributed by atoms with E-state index in [1.165, 1.54) is 22.6 Å². The van der Waals surface area contributed by atoms with Crippen molar-refractivity contribution in [3.63, 3.8) is 0 Å². The first-order chi connectivity index (χ1) is 15.2. The Balaban J connectivity index is 1.60. The van der Waals surface area contributed by atoms with E-state index in [-0.39, 0.29) is 0 Å². The molecule has 4 heterocycles. The number of pyridine rings is 1. The topological polar surface area (TPSA) is 47.6 Å². The fraction of sp³-hybridized carbons (Fsp3) is 0.280. The molecule has 1 fully saturated rings. The molecule has 0 amide bonds. The number of imidazole rings is 1. The molecule has 6 heteroatoms. The van der Waals surface area contributed by atoms with Gasteiger partial charge in [0.2, 0.25) is 0 Å². The fourth-order valence-electron chi connectivity index (χ4n) is 4.24. The molecule has 1 aromatic carbocycles. The van der Waals surface area contributed by atoms with Gasteiger partial charge in [-0.05, 0) is 62.3 Å². The van der Waals surface area contributed by atoms with Crippen molar-refractivity contribution in [1.82, 2.24) is 19.2 Å². The van der Waals surface area contributed by atoms with Gasteiger partial charge >= 0.3 is 0 Å². The first-order valence-corrected chi connectivity index (χ1v) is 11.6. The summed E-state index contributed by atoms with van der Waals surface area (Å²) in [6, 6.07) is 18.5. The number of nitrogens with zero attached hydrogens (tertiary/aromatic N) is 5. The van der Waals surface area contributed by atoms with E-state index in [1.807, 2.05) is 24.3 Å². The average molecular weight is 428 g/mol. The molecule has 0 radical (unpaired) electrons. The van der Waals surface area contributed by atoms with Gasteiger partial charge in [-0.3, -0.25) is 4.90 Å². The molecule has 5 nitrogen and oxygen atoms in total. The van der Waals surface area contributed by atoms with Gasteiger partial charge in [0.25, 0.3) is 0 Å². The zero-order valence-electron chi connectivity index (χ0n) is 17.7. The van der Waals surface area contributed by atoms with Crippen molar-refractivity contribution in [2.45, 2.75) is 13.0 Å². The molecule has 1 aliphatic heterocycles. The van der Waals surface area contributed by atoms with E-state index < -0.39 is 0 Å². The first-order valence-electron chi connectivity index (χ1n) is 10.7. The molecule has 3 aromatic heterocycles. The molecule has 0 N–H and O–H groups in total. The Labute approximate surface area is 186 Å². The minimum atomic E-state index is 0.671.